The molecule has 0 radical (unpaired) electrons. The smallest absolute Gasteiger partial charge is 0.261 e. The highest BCUT2D eigenvalue weighted by atomic mass is 79.9. The van der Waals surface area contributed by atoms with Crippen LogP contribution in [0.2, 0.25) is 0 Å². The van der Waals surface area contributed by atoms with Gasteiger partial charge >= 0.3 is 0 Å². The van der Waals surface area contributed by atoms with E-state index in [2.05, 4.69) is 20.7 Å². The van der Waals surface area contributed by atoms with Crippen LogP contribution in [0.3, 0.4) is 0 Å². The van der Waals surface area contributed by atoms with Crippen molar-refractivity contribution in [2.75, 3.05) is 10.6 Å². The summed E-state index contributed by atoms with van der Waals surface area (Å²) in [5.74, 6) is 0.515. The number of alkyl halides is 1. The lowest BCUT2D eigenvalue weighted by Crippen LogP contribution is -2.13. The summed E-state index contributed by atoms with van der Waals surface area (Å²) < 4.78 is 28.2. The zero-order valence-corrected chi connectivity index (χ0v) is 14.6. The molecule has 2 aromatic rings. The third kappa shape index (κ3) is 4.22. The van der Waals surface area contributed by atoms with Gasteiger partial charge in [-0.2, -0.15) is 0 Å². The van der Waals surface area contributed by atoms with E-state index in [0.717, 1.165) is 22.0 Å². The zero-order valence-electron chi connectivity index (χ0n) is 11.4. The van der Waals surface area contributed by atoms with Gasteiger partial charge in [-0.3, -0.25) is 4.72 Å². The molecule has 0 aliphatic rings. The van der Waals surface area contributed by atoms with Crippen LogP contribution in [-0.2, 0) is 16.4 Å². The van der Waals surface area contributed by atoms with E-state index in [0.29, 0.717) is 11.6 Å². The van der Waals surface area contributed by atoms with E-state index in [1.54, 1.807) is 30.3 Å². The molecule has 0 heterocycles. The van der Waals surface area contributed by atoms with Crippen molar-refractivity contribution in [3.8, 4) is 0 Å². The minimum atomic E-state index is -3.59. The van der Waals surface area contributed by atoms with Gasteiger partial charge in [0.2, 0.25) is 0 Å². The van der Waals surface area contributed by atoms with Gasteiger partial charge in [0.1, 0.15) is 0 Å². The summed E-state index contributed by atoms with van der Waals surface area (Å²) in [6.07, 6.45) is 0.722. The number of hydrogen-bond donors (Lipinski definition) is 1. The number of sulfonamides is 1. The van der Waals surface area contributed by atoms with E-state index < -0.39 is 10.0 Å². The standard InChI is InChI=1S/C15H15BrClNO2S/c1-11-2-5-13(16)10-15(11)18-21(19,20)14-6-3-12(4-7-14)8-9-17/h2-7,10,18H,8-9H2,1H3. The molecule has 0 saturated heterocycles. The van der Waals surface area contributed by atoms with Gasteiger partial charge in [0, 0.05) is 10.4 Å². The molecular formula is C15H15BrClNO2S. The van der Waals surface area contributed by atoms with Crippen LogP contribution in [0.4, 0.5) is 5.69 Å². The van der Waals surface area contributed by atoms with E-state index in [4.69, 9.17) is 11.6 Å². The Bertz CT molecular complexity index is 730. The zero-order chi connectivity index (χ0) is 15.5. The number of benzene rings is 2. The third-order valence-corrected chi connectivity index (χ3v) is 5.12. The van der Waals surface area contributed by atoms with E-state index in [1.165, 1.54) is 0 Å². The molecule has 1 N–H and O–H groups in total. The Labute approximate surface area is 138 Å². The molecule has 0 aliphatic carbocycles. The molecule has 0 spiro atoms. The van der Waals surface area contributed by atoms with E-state index in [-0.39, 0.29) is 4.90 Å². The second-order valence-corrected chi connectivity index (χ2v) is 7.62. The maximum absolute atomic E-state index is 12.4. The minimum absolute atomic E-state index is 0.236. The highest BCUT2D eigenvalue weighted by Crippen LogP contribution is 2.24. The Morgan fingerprint density at radius 1 is 1.14 bits per heavy atom. The van der Waals surface area contributed by atoms with Crippen LogP contribution in [0, 0.1) is 6.92 Å². The Balaban J connectivity index is 2.27. The minimum Gasteiger partial charge on any atom is -0.279 e. The van der Waals surface area contributed by atoms with Crippen molar-refractivity contribution in [1.82, 2.24) is 0 Å². The van der Waals surface area contributed by atoms with Gasteiger partial charge in [-0.05, 0) is 48.7 Å². The van der Waals surface area contributed by atoms with Crippen molar-refractivity contribution >= 4 is 43.2 Å². The molecule has 6 heteroatoms. The fourth-order valence-electron chi connectivity index (χ4n) is 1.85. The SMILES string of the molecule is Cc1ccc(Br)cc1NS(=O)(=O)c1ccc(CCCl)cc1. The molecule has 112 valence electrons. The quantitative estimate of drug-likeness (QED) is 0.774. The average Bonchev–Trinajstić information content (AvgIpc) is 2.44. The topological polar surface area (TPSA) is 46.2 Å². The lowest BCUT2D eigenvalue weighted by molar-refractivity contribution is 0.601. The van der Waals surface area contributed by atoms with Crippen molar-refractivity contribution in [3.05, 3.63) is 58.1 Å². The predicted molar refractivity (Wildman–Crippen MR) is 90.6 cm³/mol. The fourth-order valence-corrected chi connectivity index (χ4v) is 3.55. The monoisotopic (exact) mass is 387 g/mol. The maximum atomic E-state index is 12.4. The average molecular weight is 389 g/mol. The van der Waals surface area contributed by atoms with Crippen LogP contribution in [0.15, 0.2) is 51.8 Å². The van der Waals surface area contributed by atoms with E-state index in [1.807, 2.05) is 19.1 Å². The molecule has 0 unspecified atom stereocenters. The molecule has 0 fully saturated rings. The number of nitrogens with one attached hydrogen (secondary N) is 1. The number of aryl methyl sites for hydroxylation is 2. The normalized spacial score (nSPS) is 11.4. The number of rotatable bonds is 5. The fraction of sp³-hybridized carbons (Fsp3) is 0.200. The molecule has 2 aromatic carbocycles. The molecule has 0 amide bonds. The summed E-state index contributed by atoms with van der Waals surface area (Å²) in [5.41, 5.74) is 2.44. The number of anilines is 1. The molecule has 0 bridgehead atoms. The van der Waals surface area contributed by atoms with E-state index in [9.17, 15) is 8.42 Å². The van der Waals surface area contributed by atoms with Crippen LogP contribution >= 0.6 is 27.5 Å². The summed E-state index contributed by atoms with van der Waals surface area (Å²) in [7, 11) is -3.59. The number of halogens is 2. The highest BCUT2D eigenvalue weighted by Gasteiger charge is 2.15. The Morgan fingerprint density at radius 2 is 1.81 bits per heavy atom. The van der Waals surface area contributed by atoms with E-state index >= 15 is 0 Å². The molecule has 0 aliphatic heterocycles. The van der Waals surface area contributed by atoms with Crippen LogP contribution in [0.1, 0.15) is 11.1 Å². The molecule has 0 aromatic heterocycles. The molecule has 21 heavy (non-hydrogen) atoms. The molecule has 2 rings (SSSR count). The number of hydrogen-bond acceptors (Lipinski definition) is 2. The maximum Gasteiger partial charge on any atom is 0.261 e. The highest BCUT2D eigenvalue weighted by molar-refractivity contribution is 9.10. The lowest BCUT2D eigenvalue weighted by atomic mass is 10.2. The van der Waals surface area contributed by atoms with Crippen molar-refractivity contribution in [2.45, 2.75) is 18.2 Å². The van der Waals surface area contributed by atoms with Crippen LogP contribution in [-0.4, -0.2) is 14.3 Å². The van der Waals surface area contributed by atoms with Crippen molar-refractivity contribution < 1.29 is 8.42 Å². The predicted octanol–water partition coefficient (Wildman–Crippen LogP) is 4.34. The van der Waals surface area contributed by atoms with Gasteiger partial charge in [-0.1, -0.05) is 34.1 Å². The van der Waals surface area contributed by atoms with Gasteiger partial charge in [-0.25, -0.2) is 8.42 Å². The van der Waals surface area contributed by atoms with Gasteiger partial charge in [0.05, 0.1) is 10.6 Å². The largest absolute Gasteiger partial charge is 0.279 e. The van der Waals surface area contributed by atoms with Gasteiger partial charge < -0.3 is 0 Å². The second kappa shape index (κ2) is 6.81. The first-order valence-corrected chi connectivity index (χ1v) is 9.17. The molecule has 0 atom stereocenters. The van der Waals surface area contributed by atoms with Crippen molar-refractivity contribution in [3.63, 3.8) is 0 Å². The molecule has 3 nitrogen and oxygen atoms in total. The van der Waals surface area contributed by atoms with Crippen LogP contribution < -0.4 is 4.72 Å². The first-order chi connectivity index (χ1) is 9.92. The Morgan fingerprint density at radius 3 is 2.43 bits per heavy atom. The first-order valence-electron chi connectivity index (χ1n) is 6.36. The summed E-state index contributed by atoms with van der Waals surface area (Å²) in [5, 5.41) is 0. The third-order valence-electron chi connectivity index (χ3n) is 3.06. The summed E-state index contributed by atoms with van der Waals surface area (Å²) in [6, 6.07) is 12.2. The lowest BCUT2D eigenvalue weighted by Gasteiger charge is -2.11. The van der Waals surface area contributed by atoms with Gasteiger partial charge in [-0.15, -0.1) is 11.6 Å². The van der Waals surface area contributed by atoms with Gasteiger partial charge in [0.25, 0.3) is 10.0 Å². The van der Waals surface area contributed by atoms with Crippen LogP contribution in [0.5, 0.6) is 0 Å². The Kier molecular flexibility index (Phi) is 5.30. The first kappa shape index (κ1) is 16.3. The summed E-state index contributed by atoms with van der Waals surface area (Å²) in [4.78, 5) is 0.236. The second-order valence-electron chi connectivity index (χ2n) is 4.65. The van der Waals surface area contributed by atoms with Crippen molar-refractivity contribution in [1.29, 1.82) is 0 Å². The van der Waals surface area contributed by atoms with Crippen molar-refractivity contribution in [2.24, 2.45) is 0 Å². The molecule has 0 saturated carbocycles. The summed E-state index contributed by atoms with van der Waals surface area (Å²) >= 11 is 9.01. The summed E-state index contributed by atoms with van der Waals surface area (Å²) in [6.45, 7) is 1.86. The van der Waals surface area contributed by atoms with Crippen LogP contribution in [0.25, 0.3) is 0 Å². The Hall–Kier alpha value is -1.04. The molecular weight excluding hydrogens is 374 g/mol. The van der Waals surface area contributed by atoms with Gasteiger partial charge in [0.15, 0.2) is 0 Å².